The Morgan fingerprint density at radius 2 is 1.78 bits per heavy atom. The van der Waals surface area contributed by atoms with Crippen LogP contribution < -0.4 is 9.47 Å². The van der Waals surface area contributed by atoms with E-state index in [-0.39, 0.29) is 11.3 Å². The quantitative estimate of drug-likeness (QED) is 0.231. The zero-order valence-corrected chi connectivity index (χ0v) is 14.7. The lowest BCUT2D eigenvalue weighted by Gasteiger charge is -2.09. The number of non-ortho nitro benzene ring substituents is 1. The topological polar surface area (TPSA) is 105 Å². The van der Waals surface area contributed by atoms with Crippen molar-refractivity contribution < 1.29 is 28.7 Å². The van der Waals surface area contributed by atoms with Crippen LogP contribution in [0.25, 0.3) is 6.08 Å². The zero-order valence-electron chi connectivity index (χ0n) is 14.7. The molecule has 0 amide bonds. The van der Waals surface area contributed by atoms with E-state index in [1.54, 1.807) is 12.1 Å². The van der Waals surface area contributed by atoms with Gasteiger partial charge in [0.15, 0.2) is 6.61 Å². The van der Waals surface area contributed by atoms with Crippen molar-refractivity contribution in [2.24, 2.45) is 0 Å². The summed E-state index contributed by atoms with van der Waals surface area (Å²) in [5.74, 6) is -0.288. The minimum atomic E-state index is -0.714. The fourth-order valence-electron chi connectivity index (χ4n) is 2.16. The van der Waals surface area contributed by atoms with E-state index >= 15 is 0 Å². The summed E-state index contributed by atoms with van der Waals surface area (Å²) in [7, 11) is 2.92. The predicted octanol–water partition coefficient (Wildman–Crippen LogP) is 3.05. The standard InChI is InChI=1S/C19H17NO7/c1-25-15-8-9-16(18(11-15)26-2)17(21)12-27-19(22)10-5-13-3-6-14(7-4-13)20(23)24/h3-11H,12H2,1-2H3. The molecule has 0 saturated carbocycles. The number of hydrogen-bond donors (Lipinski definition) is 0. The van der Waals surface area contributed by atoms with E-state index in [4.69, 9.17) is 14.2 Å². The lowest BCUT2D eigenvalue weighted by Crippen LogP contribution is -2.13. The molecule has 8 heteroatoms. The second-order valence-corrected chi connectivity index (χ2v) is 5.28. The molecule has 2 aromatic rings. The predicted molar refractivity (Wildman–Crippen MR) is 97.0 cm³/mol. The maximum absolute atomic E-state index is 12.2. The van der Waals surface area contributed by atoms with Crippen LogP contribution in [0.15, 0.2) is 48.5 Å². The molecule has 0 saturated heterocycles. The van der Waals surface area contributed by atoms with Crippen LogP contribution in [0.2, 0.25) is 0 Å². The van der Waals surface area contributed by atoms with Crippen LogP contribution >= 0.6 is 0 Å². The van der Waals surface area contributed by atoms with Crippen molar-refractivity contribution in [2.45, 2.75) is 0 Å². The maximum atomic E-state index is 12.2. The molecule has 140 valence electrons. The second-order valence-electron chi connectivity index (χ2n) is 5.28. The van der Waals surface area contributed by atoms with E-state index in [9.17, 15) is 19.7 Å². The Morgan fingerprint density at radius 3 is 2.37 bits per heavy atom. The second kappa shape index (κ2) is 9.14. The maximum Gasteiger partial charge on any atom is 0.331 e. The molecule has 0 aliphatic rings. The van der Waals surface area contributed by atoms with Crippen LogP contribution in [0.1, 0.15) is 15.9 Å². The smallest absolute Gasteiger partial charge is 0.331 e. The van der Waals surface area contributed by atoms with E-state index < -0.39 is 23.3 Å². The highest BCUT2D eigenvalue weighted by molar-refractivity contribution is 6.01. The summed E-state index contributed by atoms with van der Waals surface area (Å²) >= 11 is 0. The number of carbonyl (C=O) groups excluding carboxylic acids is 2. The van der Waals surface area contributed by atoms with Crippen LogP contribution in [0, 0.1) is 10.1 Å². The summed E-state index contributed by atoms with van der Waals surface area (Å²) in [5.41, 5.74) is 0.805. The van der Waals surface area contributed by atoms with Gasteiger partial charge in [-0.25, -0.2) is 4.79 Å². The number of Topliss-reactive ketones (excluding diaryl/α,β-unsaturated/α-hetero) is 1. The molecule has 0 atom stereocenters. The molecule has 0 aromatic heterocycles. The minimum absolute atomic E-state index is 0.0474. The number of carbonyl (C=O) groups is 2. The summed E-state index contributed by atoms with van der Waals surface area (Å²) < 4.78 is 15.1. The van der Waals surface area contributed by atoms with E-state index in [1.807, 2.05) is 0 Å². The number of rotatable bonds is 8. The number of nitro groups is 1. The molecule has 27 heavy (non-hydrogen) atoms. The van der Waals surface area contributed by atoms with Crippen molar-refractivity contribution in [3.8, 4) is 11.5 Å². The third-order valence-electron chi connectivity index (χ3n) is 3.57. The molecule has 0 bridgehead atoms. The van der Waals surface area contributed by atoms with Gasteiger partial charge in [-0.2, -0.15) is 0 Å². The molecule has 0 heterocycles. The highest BCUT2D eigenvalue weighted by Gasteiger charge is 2.15. The molecule has 0 radical (unpaired) electrons. The normalized spacial score (nSPS) is 10.4. The van der Waals surface area contributed by atoms with Crippen molar-refractivity contribution in [2.75, 3.05) is 20.8 Å². The van der Waals surface area contributed by atoms with Crippen LogP contribution in [0.3, 0.4) is 0 Å². The highest BCUT2D eigenvalue weighted by atomic mass is 16.6. The van der Waals surface area contributed by atoms with Gasteiger partial charge in [0, 0.05) is 24.3 Å². The molecule has 0 fully saturated rings. The number of hydrogen-bond acceptors (Lipinski definition) is 7. The number of benzene rings is 2. The van der Waals surface area contributed by atoms with Crippen molar-refractivity contribution in [1.29, 1.82) is 0 Å². The SMILES string of the molecule is COc1ccc(C(=O)COC(=O)C=Cc2ccc([N+](=O)[O-])cc2)c(OC)c1. The molecule has 2 aromatic carbocycles. The van der Waals surface area contributed by atoms with Gasteiger partial charge in [-0.05, 0) is 35.9 Å². The molecule has 0 aliphatic carbocycles. The van der Waals surface area contributed by atoms with E-state index in [1.165, 1.54) is 50.6 Å². The molecule has 0 aliphatic heterocycles. The first-order valence-electron chi connectivity index (χ1n) is 7.79. The summed E-state index contributed by atoms with van der Waals surface area (Å²) in [4.78, 5) is 34.1. The Hall–Kier alpha value is -3.68. The fraction of sp³-hybridized carbons (Fsp3) is 0.158. The Bertz CT molecular complexity index is 872. The Morgan fingerprint density at radius 1 is 1.07 bits per heavy atom. The zero-order chi connectivity index (χ0) is 19.8. The largest absolute Gasteiger partial charge is 0.497 e. The first kappa shape index (κ1) is 19.6. The van der Waals surface area contributed by atoms with Gasteiger partial charge < -0.3 is 14.2 Å². The number of methoxy groups -OCH3 is 2. The van der Waals surface area contributed by atoms with Gasteiger partial charge in [0.25, 0.3) is 5.69 Å². The average Bonchev–Trinajstić information content (AvgIpc) is 2.70. The van der Waals surface area contributed by atoms with Crippen LogP contribution in [-0.2, 0) is 9.53 Å². The minimum Gasteiger partial charge on any atom is -0.497 e. The van der Waals surface area contributed by atoms with E-state index in [0.29, 0.717) is 17.1 Å². The van der Waals surface area contributed by atoms with Gasteiger partial charge in [-0.15, -0.1) is 0 Å². The van der Waals surface area contributed by atoms with Gasteiger partial charge in [0.1, 0.15) is 11.5 Å². The van der Waals surface area contributed by atoms with Crippen LogP contribution in [0.5, 0.6) is 11.5 Å². The molecule has 2 rings (SSSR count). The van der Waals surface area contributed by atoms with Gasteiger partial charge in [-0.1, -0.05) is 0 Å². The van der Waals surface area contributed by atoms with Gasteiger partial charge in [0.05, 0.1) is 24.7 Å². The summed E-state index contributed by atoms with van der Waals surface area (Å²) in [5, 5.41) is 10.6. The summed E-state index contributed by atoms with van der Waals surface area (Å²) in [6, 6.07) is 10.3. The first-order valence-corrected chi connectivity index (χ1v) is 7.79. The monoisotopic (exact) mass is 371 g/mol. The average molecular weight is 371 g/mol. The molecule has 8 nitrogen and oxygen atoms in total. The number of ether oxygens (including phenoxy) is 3. The number of ketones is 1. The van der Waals surface area contributed by atoms with Gasteiger partial charge >= 0.3 is 5.97 Å². The molecular weight excluding hydrogens is 354 g/mol. The van der Waals surface area contributed by atoms with E-state index in [0.717, 1.165) is 6.08 Å². The Balaban J connectivity index is 1.95. The van der Waals surface area contributed by atoms with E-state index in [2.05, 4.69) is 0 Å². The third-order valence-corrected chi connectivity index (χ3v) is 3.57. The highest BCUT2D eigenvalue weighted by Crippen LogP contribution is 2.25. The fourth-order valence-corrected chi connectivity index (χ4v) is 2.16. The lowest BCUT2D eigenvalue weighted by molar-refractivity contribution is -0.384. The molecular formula is C19H17NO7. The van der Waals surface area contributed by atoms with Crippen molar-refractivity contribution in [1.82, 2.24) is 0 Å². The number of nitrogens with zero attached hydrogens (tertiary/aromatic N) is 1. The summed E-state index contributed by atoms with van der Waals surface area (Å²) in [6.07, 6.45) is 2.57. The third kappa shape index (κ3) is 5.40. The van der Waals surface area contributed by atoms with Crippen molar-refractivity contribution in [3.05, 3.63) is 69.8 Å². The lowest BCUT2D eigenvalue weighted by atomic mass is 10.1. The Kier molecular flexibility index (Phi) is 6.65. The number of nitro benzene ring substituents is 1. The molecule has 0 N–H and O–H groups in total. The van der Waals surface area contributed by atoms with Crippen LogP contribution in [0.4, 0.5) is 5.69 Å². The van der Waals surface area contributed by atoms with Crippen LogP contribution in [-0.4, -0.2) is 37.5 Å². The Labute approximate surface area is 155 Å². The number of esters is 1. The first-order chi connectivity index (χ1) is 12.9. The van der Waals surface area contributed by atoms with Crippen molar-refractivity contribution in [3.63, 3.8) is 0 Å². The van der Waals surface area contributed by atoms with Gasteiger partial charge in [-0.3, -0.25) is 14.9 Å². The summed E-state index contributed by atoms with van der Waals surface area (Å²) in [6.45, 7) is -0.452. The molecule has 0 unspecified atom stereocenters. The van der Waals surface area contributed by atoms with Crippen molar-refractivity contribution >= 4 is 23.5 Å². The van der Waals surface area contributed by atoms with Gasteiger partial charge in [0.2, 0.25) is 5.78 Å². The molecule has 0 spiro atoms.